The molecule has 1 aliphatic heterocycles. The van der Waals surface area contributed by atoms with Gasteiger partial charge in [-0.1, -0.05) is 0 Å². The molecule has 0 spiro atoms. The number of hydrogen-bond donors (Lipinski definition) is 3. The van der Waals surface area contributed by atoms with Crippen molar-refractivity contribution in [2.75, 3.05) is 10.6 Å². The summed E-state index contributed by atoms with van der Waals surface area (Å²) in [4.78, 5) is 4.39. The van der Waals surface area contributed by atoms with E-state index in [2.05, 4.69) is 20.9 Å². The van der Waals surface area contributed by atoms with Crippen molar-refractivity contribution >= 4 is 51.1 Å². The van der Waals surface area contributed by atoms with Crippen LogP contribution in [0.2, 0.25) is 0 Å². The van der Waals surface area contributed by atoms with E-state index in [0.29, 0.717) is 11.1 Å². The Balaban J connectivity index is 1.84. The molecule has 1 aliphatic rings. The third-order valence-corrected chi connectivity index (χ3v) is 4.28. The molecule has 0 fully saturated rings. The highest BCUT2D eigenvalue weighted by Crippen LogP contribution is 2.26. The third kappa shape index (κ3) is 4.01. The van der Waals surface area contributed by atoms with Gasteiger partial charge in [0.25, 0.3) is 5.17 Å². The van der Waals surface area contributed by atoms with Crippen molar-refractivity contribution in [3.05, 3.63) is 41.3 Å². The van der Waals surface area contributed by atoms with Crippen LogP contribution in [0, 0.1) is 11.5 Å². The number of nitrogens with zero attached hydrogens (tertiary/aromatic N) is 2. The van der Waals surface area contributed by atoms with Gasteiger partial charge in [0.1, 0.15) is 11.1 Å². The second kappa shape index (κ2) is 7.29. The van der Waals surface area contributed by atoms with E-state index in [9.17, 15) is 0 Å². The zero-order chi connectivity index (χ0) is 16.9. The Hall–Kier alpha value is -2.63. The van der Waals surface area contributed by atoms with E-state index < -0.39 is 0 Å². The normalized spacial score (nSPS) is 16.9. The van der Waals surface area contributed by atoms with E-state index in [1.54, 1.807) is 0 Å². The van der Waals surface area contributed by atoms with Gasteiger partial charge in [-0.3, -0.25) is 5.32 Å². The van der Waals surface area contributed by atoms with Crippen molar-refractivity contribution in [2.24, 2.45) is 4.99 Å². The summed E-state index contributed by atoms with van der Waals surface area (Å²) in [6, 6.07) is 9.62. The van der Waals surface area contributed by atoms with Gasteiger partial charge in [-0.15, -0.1) is 11.3 Å². The molecule has 6 nitrogen and oxygen atoms in total. The first kappa shape index (κ1) is 16.2. The summed E-state index contributed by atoms with van der Waals surface area (Å²) in [6.45, 7) is 1.98. The molecule has 1 atom stereocenters. The number of nitriles is 1. The fraction of sp³-hybridized carbons (Fsp3) is 0.188. The molecule has 3 N–H and O–H groups in total. The Bertz CT molecular complexity index is 810. The second-order valence-electron chi connectivity index (χ2n) is 5.19. The molecule has 0 bridgehead atoms. The maximum Gasteiger partial charge on any atom is 0.261 e. The molecule has 24 heavy (non-hydrogen) atoms. The Kier molecular flexibility index (Phi) is 4.93. The van der Waals surface area contributed by atoms with Crippen molar-refractivity contribution in [3.8, 4) is 6.19 Å². The summed E-state index contributed by atoms with van der Waals surface area (Å²) < 4.78 is 5.55. The predicted octanol–water partition coefficient (Wildman–Crippen LogP) is 3.58. The summed E-state index contributed by atoms with van der Waals surface area (Å²) in [5.74, 6) is 0.376. The van der Waals surface area contributed by atoms with Gasteiger partial charge in [0.05, 0.1) is 0 Å². The van der Waals surface area contributed by atoms with Crippen molar-refractivity contribution in [2.45, 2.75) is 19.4 Å². The summed E-state index contributed by atoms with van der Waals surface area (Å²) >= 11 is 6.63. The zero-order valence-electron chi connectivity index (χ0n) is 12.9. The smallest absolute Gasteiger partial charge is 0.261 e. The summed E-state index contributed by atoms with van der Waals surface area (Å²) in [5, 5.41) is 20.8. The molecule has 0 saturated heterocycles. The van der Waals surface area contributed by atoms with Crippen LogP contribution in [0.5, 0.6) is 0 Å². The highest BCUT2D eigenvalue weighted by Gasteiger charge is 2.17. The fourth-order valence-electron chi connectivity index (χ4n) is 2.36. The SMILES string of the molecule is CC1Cc2cc(N/C(=N/c3cccs3)NC#N)ccc2NC(=S)O1. The number of nitrogens with one attached hydrogen (secondary N) is 3. The fourth-order valence-corrected chi connectivity index (χ4v) is 3.23. The lowest BCUT2D eigenvalue weighted by Crippen LogP contribution is -2.26. The lowest BCUT2D eigenvalue weighted by atomic mass is 10.1. The second-order valence-corrected chi connectivity index (χ2v) is 6.49. The number of ether oxygens (including phenoxy) is 1. The maximum atomic E-state index is 8.92. The molecule has 2 aromatic rings. The summed E-state index contributed by atoms with van der Waals surface area (Å²) in [7, 11) is 0. The van der Waals surface area contributed by atoms with E-state index in [-0.39, 0.29) is 6.10 Å². The summed E-state index contributed by atoms with van der Waals surface area (Å²) in [5.41, 5.74) is 2.84. The molecule has 1 aromatic carbocycles. The first-order chi connectivity index (χ1) is 11.6. The van der Waals surface area contributed by atoms with Gasteiger partial charge >= 0.3 is 0 Å². The number of fused-ring (bicyclic) bond motifs is 1. The highest BCUT2D eigenvalue weighted by atomic mass is 32.1. The van der Waals surface area contributed by atoms with Gasteiger partial charge in [-0.2, -0.15) is 5.26 Å². The number of benzene rings is 1. The quantitative estimate of drug-likeness (QED) is 0.251. The van der Waals surface area contributed by atoms with Gasteiger partial charge < -0.3 is 15.4 Å². The molecule has 2 heterocycles. The number of aliphatic imine (C=N–C) groups is 1. The molecule has 0 radical (unpaired) electrons. The van der Waals surface area contributed by atoms with Crippen molar-refractivity contribution in [1.29, 1.82) is 5.26 Å². The van der Waals surface area contributed by atoms with E-state index in [1.807, 2.05) is 48.8 Å². The Labute approximate surface area is 149 Å². The van der Waals surface area contributed by atoms with Crippen LogP contribution < -0.4 is 16.0 Å². The molecule has 1 unspecified atom stereocenters. The van der Waals surface area contributed by atoms with Crippen LogP contribution in [0.3, 0.4) is 0 Å². The van der Waals surface area contributed by atoms with Crippen LogP contribution in [0.25, 0.3) is 0 Å². The minimum atomic E-state index is -0.00186. The molecule has 0 amide bonds. The number of hydrogen-bond acceptors (Lipinski definition) is 5. The number of guanidine groups is 1. The summed E-state index contributed by atoms with van der Waals surface area (Å²) in [6.07, 6.45) is 2.63. The average Bonchev–Trinajstić information content (AvgIpc) is 2.97. The van der Waals surface area contributed by atoms with Crippen molar-refractivity contribution in [3.63, 3.8) is 0 Å². The van der Waals surface area contributed by atoms with E-state index in [4.69, 9.17) is 22.2 Å². The van der Waals surface area contributed by atoms with E-state index >= 15 is 0 Å². The zero-order valence-corrected chi connectivity index (χ0v) is 14.5. The van der Waals surface area contributed by atoms with Gasteiger partial charge in [-0.25, -0.2) is 4.99 Å². The minimum absolute atomic E-state index is 0.00186. The molecule has 3 rings (SSSR count). The molecule has 122 valence electrons. The number of anilines is 2. The van der Waals surface area contributed by atoms with Gasteiger partial charge in [0.2, 0.25) is 5.96 Å². The lowest BCUT2D eigenvalue weighted by molar-refractivity contribution is 0.217. The van der Waals surface area contributed by atoms with Gasteiger partial charge in [-0.05, 0) is 60.4 Å². The van der Waals surface area contributed by atoms with Crippen LogP contribution >= 0.6 is 23.6 Å². The first-order valence-corrected chi connectivity index (χ1v) is 8.58. The predicted molar refractivity (Wildman–Crippen MR) is 101 cm³/mol. The standard InChI is InChI=1S/C16H15N5OS2/c1-10-7-11-8-12(4-5-13(11)20-16(23)22-10)19-15(18-9-17)21-14-3-2-6-24-14/h2-6,8,10H,7H2,1H3,(H,20,23)(H2,18,19,21). The number of thiocarbonyl (C=S) groups is 1. The van der Waals surface area contributed by atoms with Gasteiger partial charge in [0, 0.05) is 17.8 Å². The topological polar surface area (TPSA) is 81.5 Å². The monoisotopic (exact) mass is 357 g/mol. The van der Waals surface area contributed by atoms with Crippen LogP contribution in [-0.4, -0.2) is 17.2 Å². The van der Waals surface area contributed by atoms with Gasteiger partial charge in [0.15, 0.2) is 6.19 Å². The molecule has 0 aliphatic carbocycles. The van der Waals surface area contributed by atoms with E-state index in [1.165, 1.54) is 11.3 Å². The molecular formula is C16H15N5OS2. The third-order valence-electron chi connectivity index (χ3n) is 3.32. The molecular weight excluding hydrogens is 342 g/mol. The Morgan fingerprint density at radius 2 is 2.38 bits per heavy atom. The first-order valence-electron chi connectivity index (χ1n) is 7.29. The average molecular weight is 357 g/mol. The molecule has 8 heteroatoms. The molecule has 1 aromatic heterocycles. The Morgan fingerprint density at radius 1 is 1.50 bits per heavy atom. The number of rotatable bonds is 2. The largest absolute Gasteiger partial charge is 0.467 e. The van der Waals surface area contributed by atoms with Crippen LogP contribution in [0.4, 0.5) is 16.4 Å². The number of thiophene rings is 1. The molecule has 0 saturated carbocycles. The van der Waals surface area contributed by atoms with Crippen molar-refractivity contribution < 1.29 is 4.74 Å². The Morgan fingerprint density at radius 3 is 3.12 bits per heavy atom. The minimum Gasteiger partial charge on any atom is -0.467 e. The van der Waals surface area contributed by atoms with Crippen molar-refractivity contribution in [1.82, 2.24) is 5.32 Å². The highest BCUT2D eigenvalue weighted by molar-refractivity contribution is 7.80. The van der Waals surface area contributed by atoms with Crippen LogP contribution in [-0.2, 0) is 11.2 Å². The lowest BCUT2D eigenvalue weighted by Gasteiger charge is -2.12. The van der Waals surface area contributed by atoms with E-state index in [0.717, 1.165) is 28.4 Å². The van der Waals surface area contributed by atoms with Crippen LogP contribution in [0.15, 0.2) is 40.7 Å². The van der Waals surface area contributed by atoms with Crippen LogP contribution in [0.1, 0.15) is 12.5 Å². The maximum absolute atomic E-state index is 8.92.